The van der Waals surface area contributed by atoms with Gasteiger partial charge in [0.05, 0.1) is 31.3 Å². The molecule has 1 saturated carbocycles. The van der Waals surface area contributed by atoms with E-state index in [2.05, 4.69) is 19.2 Å². The van der Waals surface area contributed by atoms with Gasteiger partial charge in [0.25, 0.3) is 0 Å². The lowest BCUT2D eigenvalue weighted by molar-refractivity contribution is -0.220. The Morgan fingerprint density at radius 3 is 1.00 bits per heavy atom. The van der Waals surface area contributed by atoms with Crippen LogP contribution in [0.15, 0.2) is 0 Å². The number of carbonyl (C=O) groups is 1. The quantitative estimate of drug-likeness (QED) is 0.0205. The summed E-state index contributed by atoms with van der Waals surface area (Å²) in [5, 5.41) is 75.2. The highest BCUT2D eigenvalue weighted by atomic mass is 31.2. The number of carbonyl (C=O) groups excluding carboxylic acids is 1. The van der Waals surface area contributed by atoms with Crippen LogP contribution in [0.1, 0.15) is 303 Å². The van der Waals surface area contributed by atoms with Gasteiger partial charge in [-0.05, 0) is 12.8 Å². The average molecular weight is 1050 g/mol. The van der Waals surface area contributed by atoms with Gasteiger partial charge in [-0.3, -0.25) is 13.8 Å². The predicted molar refractivity (Wildman–Crippen MR) is 294 cm³/mol. The van der Waals surface area contributed by atoms with E-state index >= 15 is 0 Å². The fraction of sp³-hybridized carbons (Fsp3) is 0.983. The van der Waals surface area contributed by atoms with Crippen molar-refractivity contribution in [3.63, 3.8) is 0 Å². The van der Waals surface area contributed by atoms with Gasteiger partial charge in [-0.15, -0.1) is 0 Å². The smallest absolute Gasteiger partial charge is 0.393 e. The van der Waals surface area contributed by atoms with Crippen LogP contribution >= 0.6 is 7.82 Å². The summed E-state index contributed by atoms with van der Waals surface area (Å²) in [6.45, 7) is 3.86. The molecule has 0 heterocycles. The van der Waals surface area contributed by atoms with Crippen molar-refractivity contribution in [2.75, 3.05) is 6.61 Å². The van der Waals surface area contributed by atoms with Gasteiger partial charge >= 0.3 is 7.82 Å². The molecule has 8 atom stereocenters. The third kappa shape index (κ3) is 37.9. The molecule has 0 aliphatic heterocycles. The van der Waals surface area contributed by atoms with Crippen molar-refractivity contribution in [1.29, 1.82) is 0 Å². The van der Waals surface area contributed by atoms with Crippen LogP contribution in [0.3, 0.4) is 0 Å². The number of phosphoric ester groups is 1. The van der Waals surface area contributed by atoms with E-state index in [9.17, 15) is 50.0 Å². The Labute approximate surface area is 440 Å². The van der Waals surface area contributed by atoms with E-state index < -0.39 is 75.2 Å². The lowest BCUT2D eigenvalue weighted by Crippen LogP contribution is -2.64. The standard InChI is InChI=1S/C58H116NO12P/c1-3-5-7-9-11-13-15-17-19-21-23-25-27-29-31-33-35-37-39-41-43-45-49(60)47-52(62)59-50(48-70-72(68,69)71-58-56(66)54(64)53(63)55(65)57(58)67)51(61)46-44-42-40-38-36-34-32-30-28-26-24-22-20-18-16-14-12-10-8-6-4-2/h49-51,53-58,60-61,63-67H,3-48H2,1-2H3,(H,59,62)(H,68,69). The molecule has 1 fully saturated rings. The average Bonchev–Trinajstić information content (AvgIpc) is 3.36. The van der Waals surface area contributed by atoms with E-state index in [1.807, 2.05) is 0 Å². The van der Waals surface area contributed by atoms with E-state index in [0.717, 1.165) is 44.9 Å². The number of nitrogens with one attached hydrogen (secondary N) is 1. The van der Waals surface area contributed by atoms with E-state index in [1.165, 1.54) is 218 Å². The van der Waals surface area contributed by atoms with Gasteiger partial charge in [0, 0.05) is 0 Å². The molecule has 13 nitrogen and oxygen atoms in total. The van der Waals surface area contributed by atoms with Crippen molar-refractivity contribution in [3.05, 3.63) is 0 Å². The van der Waals surface area contributed by atoms with Crippen molar-refractivity contribution in [3.8, 4) is 0 Å². The molecule has 14 heteroatoms. The van der Waals surface area contributed by atoms with Crippen LogP contribution in [-0.2, 0) is 18.4 Å². The molecule has 0 spiro atoms. The highest BCUT2D eigenvalue weighted by Gasteiger charge is 2.51. The Morgan fingerprint density at radius 1 is 0.431 bits per heavy atom. The molecular formula is C58H116NO12P. The Kier molecular flexibility index (Phi) is 45.7. The highest BCUT2D eigenvalue weighted by molar-refractivity contribution is 7.47. The highest BCUT2D eigenvalue weighted by Crippen LogP contribution is 2.47. The first-order chi connectivity index (χ1) is 34.8. The zero-order valence-electron chi connectivity index (χ0n) is 46.4. The molecule has 0 bridgehead atoms. The summed E-state index contributed by atoms with van der Waals surface area (Å²) < 4.78 is 23.1. The van der Waals surface area contributed by atoms with Gasteiger partial charge in [0.15, 0.2) is 0 Å². The van der Waals surface area contributed by atoms with Gasteiger partial charge in [0.1, 0.15) is 36.6 Å². The van der Waals surface area contributed by atoms with Gasteiger partial charge in [-0.1, -0.05) is 284 Å². The summed E-state index contributed by atoms with van der Waals surface area (Å²) in [6.07, 6.45) is 40.0. The molecule has 0 aromatic heterocycles. The van der Waals surface area contributed by atoms with Crippen molar-refractivity contribution in [1.82, 2.24) is 5.32 Å². The molecule has 9 N–H and O–H groups in total. The predicted octanol–water partition coefficient (Wildman–Crippen LogP) is 13.1. The van der Waals surface area contributed by atoms with Crippen LogP contribution in [0, 0.1) is 0 Å². The molecule has 0 aromatic carbocycles. The summed E-state index contributed by atoms with van der Waals surface area (Å²) >= 11 is 0. The number of aliphatic hydroxyl groups is 7. The number of hydrogen-bond acceptors (Lipinski definition) is 11. The fourth-order valence-corrected chi connectivity index (χ4v) is 11.3. The second kappa shape index (κ2) is 47.5. The third-order valence-electron chi connectivity index (χ3n) is 15.2. The molecule has 1 amide bonds. The number of rotatable bonds is 53. The van der Waals surface area contributed by atoms with E-state index in [0.29, 0.717) is 12.8 Å². The number of phosphoric acid groups is 1. The van der Waals surface area contributed by atoms with Crippen LogP contribution < -0.4 is 5.32 Å². The van der Waals surface area contributed by atoms with E-state index in [1.54, 1.807) is 0 Å². The number of hydrogen-bond donors (Lipinski definition) is 9. The van der Waals surface area contributed by atoms with Gasteiger partial charge < -0.3 is 46.0 Å². The van der Waals surface area contributed by atoms with Crippen LogP contribution in [0.2, 0.25) is 0 Å². The SMILES string of the molecule is CCCCCCCCCCCCCCCCCCCCCCCC(O)CC(=O)NC(COP(=O)(O)OC1C(O)C(O)C(O)C(O)C1O)C(O)CCCCCCCCCCCCCCCCCCCCCCC. The van der Waals surface area contributed by atoms with Crippen molar-refractivity contribution < 1.29 is 59.0 Å². The van der Waals surface area contributed by atoms with Crippen LogP contribution in [0.5, 0.6) is 0 Å². The molecule has 1 aliphatic carbocycles. The summed E-state index contributed by atoms with van der Waals surface area (Å²) in [7, 11) is -5.12. The minimum absolute atomic E-state index is 0.215. The fourth-order valence-electron chi connectivity index (χ4n) is 10.3. The minimum atomic E-state index is -5.12. The molecule has 430 valence electrons. The molecule has 0 radical (unpaired) electrons. The van der Waals surface area contributed by atoms with Gasteiger partial charge in [0.2, 0.25) is 5.91 Å². The van der Waals surface area contributed by atoms with Crippen molar-refractivity contribution in [2.45, 2.75) is 358 Å². The number of unbranched alkanes of at least 4 members (excludes halogenated alkanes) is 40. The van der Waals surface area contributed by atoms with Crippen LogP contribution in [-0.4, -0.2) is 108 Å². The second-order valence-corrected chi connectivity index (χ2v) is 23.5. The monoisotopic (exact) mass is 1050 g/mol. The normalized spacial score (nSPS) is 21.4. The first-order valence-corrected chi connectivity index (χ1v) is 32.1. The van der Waals surface area contributed by atoms with Gasteiger partial charge in [-0.25, -0.2) is 4.57 Å². The zero-order valence-corrected chi connectivity index (χ0v) is 47.3. The molecule has 72 heavy (non-hydrogen) atoms. The molecule has 1 rings (SSSR count). The van der Waals surface area contributed by atoms with Crippen LogP contribution in [0.25, 0.3) is 0 Å². The number of amides is 1. The van der Waals surface area contributed by atoms with Gasteiger partial charge in [-0.2, -0.15) is 0 Å². The second-order valence-electron chi connectivity index (χ2n) is 22.1. The first kappa shape index (κ1) is 69.3. The van der Waals surface area contributed by atoms with Crippen molar-refractivity contribution >= 4 is 13.7 Å². The van der Waals surface area contributed by atoms with Crippen molar-refractivity contribution in [2.24, 2.45) is 0 Å². The largest absolute Gasteiger partial charge is 0.472 e. The summed E-state index contributed by atoms with van der Waals surface area (Å²) in [5.74, 6) is -0.551. The topological polar surface area (TPSA) is 226 Å². The molecule has 8 unspecified atom stereocenters. The third-order valence-corrected chi connectivity index (χ3v) is 16.2. The maximum atomic E-state index is 13.1. The Morgan fingerprint density at radius 2 is 0.694 bits per heavy atom. The lowest BCUT2D eigenvalue weighted by atomic mass is 9.85. The Hall–Kier alpha value is -0.700. The number of aliphatic hydroxyl groups excluding tert-OH is 7. The zero-order chi connectivity index (χ0) is 52.9. The first-order valence-electron chi connectivity index (χ1n) is 30.6. The van der Waals surface area contributed by atoms with E-state index in [4.69, 9.17) is 9.05 Å². The Balaban J connectivity index is 2.35. The maximum Gasteiger partial charge on any atom is 0.472 e. The minimum Gasteiger partial charge on any atom is -0.393 e. The molecule has 0 aromatic rings. The van der Waals surface area contributed by atoms with E-state index in [-0.39, 0.29) is 12.8 Å². The Bertz CT molecular complexity index is 1240. The van der Waals surface area contributed by atoms with Crippen LogP contribution in [0.4, 0.5) is 0 Å². The molecular weight excluding hydrogens is 934 g/mol. The summed E-state index contributed by atoms with van der Waals surface area (Å²) in [5.41, 5.74) is 0. The molecule has 0 saturated heterocycles. The summed E-state index contributed by atoms with van der Waals surface area (Å²) in [4.78, 5) is 23.7. The molecule has 1 aliphatic rings. The lowest BCUT2D eigenvalue weighted by Gasteiger charge is -2.41. The maximum absolute atomic E-state index is 13.1. The summed E-state index contributed by atoms with van der Waals surface area (Å²) in [6, 6.07) is -1.15.